The standard InChI is InChI=1S/C17H31N3O/c1-14(12-15-8-5-4-6-10-18-15)19-13-16(20(2)3)17-9-7-11-21-17/h7,9,11,14-16,18-19H,4-6,8,10,12-13H2,1-3H3. The fraction of sp³-hybridized carbons (Fsp3) is 0.765. The highest BCUT2D eigenvalue weighted by molar-refractivity contribution is 5.05. The lowest BCUT2D eigenvalue weighted by Crippen LogP contribution is -2.40. The Morgan fingerprint density at radius 3 is 2.95 bits per heavy atom. The zero-order chi connectivity index (χ0) is 15.1. The molecule has 1 aliphatic heterocycles. The molecular weight excluding hydrogens is 262 g/mol. The monoisotopic (exact) mass is 293 g/mol. The number of rotatable bonds is 7. The molecule has 0 bridgehead atoms. The number of likely N-dealkylation sites (N-methyl/N-ethyl adjacent to an activating group) is 1. The van der Waals surface area contributed by atoms with E-state index in [1.54, 1.807) is 6.26 Å². The van der Waals surface area contributed by atoms with Gasteiger partial charge in [-0.05, 0) is 59.0 Å². The lowest BCUT2D eigenvalue weighted by Gasteiger charge is -2.26. The summed E-state index contributed by atoms with van der Waals surface area (Å²) >= 11 is 0. The second-order valence-electron chi connectivity index (χ2n) is 6.54. The fourth-order valence-corrected chi connectivity index (χ4v) is 3.14. The van der Waals surface area contributed by atoms with E-state index in [0.717, 1.165) is 12.3 Å². The average molecular weight is 293 g/mol. The number of hydrogen-bond acceptors (Lipinski definition) is 4. The van der Waals surface area contributed by atoms with Gasteiger partial charge in [0.1, 0.15) is 5.76 Å². The summed E-state index contributed by atoms with van der Waals surface area (Å²) in [6.07, 6.45) is 8.37. The maximum Gasteiger partial charge on any atom is 0.122 e. The second kappa shape index (κ2) is 8.57. The number of nitrogens with one attached hydrogen (secondary N) is 2. The molecule has 1 saturated heterocycles. The van der Waals surface area contributed by atoms with Crippen LogP contribution in [0.5, 0.6) is 0 Å². The molecule has 0 spiro atoms. The minimum atomic E-state index is 0.296. The molecule has 4 nitrogen and oxygen atoms in total. The maximum atomic E-state index is 5.56. The summed E-state index contributed by atoms with van der Waals surface area (Å²) in [6.45, 7) is 4.40. The molecule has 0 amide bonds. The highest BCUT2D eigenvalue weighted by Gasteiger charge is 2.19. The lowest BCUT2D eigenvalue weighted by molar-refractivity contribution is 0.241. The Morgan fingerprint density at radius 1 is 1.38 bits per heavy atom. The van der Waals surface area contributed by atoms with Crippen LogP contribution in [0.3, 0.4) is 0 Å². The van der Waals surface area contributed by atoms with Crippen molar-refractivity contribution in [1.29, 1.82) is 0 Å². The van der Waals surface area contributed by atoms with E-state index in [0.29, 0.717) is 18.1 Å². The SMILES string of the molecule is CC(CC1CCCCCN1)NCC(c1ccco1)N(C)C. The summed E-state index contributed by atoms with van der Waals surface area (Å²) in [7, 11) is 4.21. The van der Waals surface area contributed by atoms with Crippen LogP contribution in [-0.4, -0.2) is 44.2 Å². The largest absolute Gasteiger partial charge is 0.468 e. The zero-order valence-corrected chi connectivity index (χ0v) is 13.8. The van der Waals surface area contributed by atoms with E-state index in [9.17, 15) is 0 Å². The van der Waals surface area contributed by atoms with Gasteiger partial charge in [0.2, 0.25) is 0 Å². The van der Waals surface area contributed by atoms with Crippen LogP contribution < -0.4 is 10.6 Å². The number of nitrogens with zero attached hydrogens (tertiary/aromatic N) is 1. The van der Waals surface area contributed by atoms with Crippen LogP contribution in [0.1, 0.15) is 50.8 Å². The Hall–Kier alpha value is -0.840. The highest BCUT2D eigenvalue weighted by Crippen LogP contribution is 2.18. The van der Waals surface area contributed by atoms with E-state index in [2.05, 4.69) is 42.6 Å². The maximum absolute atomic E-state index is 5.56. The van der Waals surface area contributed by atoms with Gasteiger partial charge < -0.3 is 15.1 Å². The van der Waals surface area contributed by atoms with Crippen LogP contribution in [-0.2, 0) is 0 Å². The smallest absolute Gasteiger partial charge is 0.122 e. The van der Waals surface area contributed by atoms with Crippen molar-refractivity contribution >= 4 is 0 Å². The van der Waals surface area contributed by atoms with Gasteiger partial charge in [-0.1, -0.05) is 12.8 Å². The van der Waals surface area contributed by atoms with E-state index < -0.39 is 0 Å². The number of furan rings is 1. The van der Waals surface area contributed by atoms with Crippen LogP contribution in [0.2, 0.25) is 0 Å². The first-order valence-corrected chi connectivity index (χ1v) is 8.33. The van der Waals surface area contributed by atoms with E-state index >= 15 is 0 Å². The molecule has 21 heavy (non-hydrogen) atoms. The molecule has 3 unspecified atom stereocenters. The molecule has 120 valence electrons. The summed E-state index contributed by atoms with van der Waals surface area (Å²) in [5.74, 6) is 1.03. The predicted molar refractivity (Wildman–Crippen MR) is 87.5 cm³/mol. The van der Waals surface area contributed by atoms with Gasteiger partial charge in [0.15, 0.2) is 0 Å². The normalized spacial score (nSPS) is 23.0. The van der Waals surface area contributed by atoms with Gasteiger partial charge in [-0.3, -0.25) is 4.90 Å². The Balaban J connectivity index is 1.77. The van der Waals surface area contributed by atoms with Crippen molar-refractivity contribution < 1.29 is 4.42 Å². The molecule has 0 saturated carbocycles. The average Bonchev–Trinajstić information content (AvgIpc) is 2.84. The molecule has 3 atom stereocenters. The van der Waals surface area contributed by atoms with Gasteiger partial charge in [-0.15, -0.1) is 0 Å². The summed E-state index contributed by atoms with van der Waals surface area (Å²) in [5, 5.41) is 7.36. The van der Waals surface area contributed by atoms with Crippen molar-refractivity contribution in [3.8, 4) is 0 Å². The third kappa shape index (κ3) is 5.46. The molecule has 2 N–H and O–H groups in total. The van der Waals surface area contributed by atoms with E-state index in [-0.39, 0.29) is 0 Å². The van der Waals surface area contributed by atoms with Crippen molar-refractivity contribution in [1.82, 2.24) is 15.5 Å². The fourth-order valence-electron chi connectivity index (χ4n) is 3.14. The topological polar surface area (TPSA) is 40.4 Å². The van der Waals surface area contributed by atoms with Gasteiger partial charge in [-0.25, -0.2) is 0 Å². The summed E-state index contributed by atoms with van der Waals surface area (Å²) < 4.78 is 5.56. The van der Waals surface area contributed by atoms with Crippen LogP contribution in [0.15, 0.2) is 22.8 Å². The molecule has 2 heterocycles. The molecule has 1 aromatic rings. The van der Waals surface area contributed by atoms with Crippen molar-refractivity contribution in [2.75, 3.05) is 27.2 Å². The Bertz CT molecular complexity index is 369. The minimum absolute atomic E-state index is 0.296. The molecule has 1 aromatic heterocycles. The third-order valence-corrected chi connectivity index (χ3v) is 4.46. The lowest BCUT2D eigenvalue weighted by atomic mass is 10.0. The molecule has 0 aromatic carbocycles. The van der Waals surface area contributed by atoms with Crippen LogP contribution in [0, 0.1) is 0 Å². The van der Waals surface area contributed by atoms with Crippen molar-refractivity contribution in [3.63, 3.8) is 0 Å². The molecular formula is C17H31N3O. The molecule has 0 radical (unpaired) electrons. The summed E-state index contributed by atoms with van der Waals surface area (Å²) in [5.41, 5.74) is 0. The minimum Gasteiger partial charge on any atom is -0.468 e. The van der Waals surface area contributed by atoms with E-state index in [1.807, 2.05) is 6.07 Å². The second-order valence-corrected chi connectivity index (χ2v) is 6.54. The van der Waals surface area contributed by atoms with Crippen LogP contribution in [0.25, 0.3) is 0 Å². The number of hydrogen-bond donors (Lipinski definition) is 2. The summed E-state index contributed by atoms with van der Waals surface area (Å²) in [6, 6.07) is 5.52. The van der Waals surface area contributed by atoms with Crippen LogP contribution in [0.4, 0.5) is 0 Å². The van der Waals surface area contributed by atoms with Gasteiger partial charge in [-0.2, -0.15) is 0 Å². The molecule has 2 rings (SSSR count). The third-order valence-electron chi connectivity index (χ3n) is 4.46. The Labute approximate surface area is 129 Å². The van der Waals surface area contributed by atoms with E-state index in [1.165, 1.54) is 38.6 Å². The Morgan fingerprint density at radius 2 is 2.24 bits per heavy atom. The zero-order valence-electron chi connectivity index (χ0n) is 13.8. The van der Waals surface area contributed by atoms with Crippen molar-refractivity contribution in [3.05, 3.63) is 24.2 Å². The van der Waals surface area contributed by atoms with E-state index in [4.69, 9.17) is 4.42 Å². The van der Waals surface area contributed by atoms with Gasteiger partial charge in [0.25, 0.3) is 0 Å². The van der Waals surface area contributed by atoms with Crippen molar-refractivity contribution in [2.45, 2.75) is 57.2 Å². The summed E-state index contributed by atoms with van der Waals surface area (Å²) in [4.78, 5) is 2.21. The first-order chi connectivity index (χ1) is 10.2. The molecule has 1 fully saturated rings. The molecule has 0 aliphatic carbocycles. The molecule has 1 aliphatic rings. The first kappa shape index (κ1) is 16.5. The van der Waals surface area contributed by atoms with Gasteiger partial charge >= 0.3 is 0 Å². The van der Waals surface area contributed by atoms with Crippen LogP contribution >= 0.6 is 0 Å². The first-order valence-electron chi connectivity index (χ1n) is 8.33. The Kier molecular flexibility index (Phi) is 6.74. The highest BCUT2D eigenvalue weighted by atomic mass is 16.3. The molecule has 4 heteroatoms. The van der Waals surface area contributed by atoms with Crippen molar-refractivity contribution in [2.24, 2.45) is 0 Å². The van der Waals surface area contributed by atoms with Gasteiger partial charge in [0, 0.05) is 18.6 Å². The quantitative estimate of drug-likeness (QED) is 0.811. The van der Waals surface area contributed by atoms with Gasteiger partial charge in [0.05, 0.1) is 12.3 Å². The predicted octanol–water partition coefficient (Wildman–Crippen LogP) is 2.78.